The van der Waals surface area contributed by atoms with E-state index in [0.29, 0.717) is 0 Å². The maximum atomic E-state index is 13.2. The molecule has 0 amide bonds. The first kappa shape index (κ1) is 17.2. The Labute approximate surface area is 116 Å². The largest absolute Gasteiger partial charge is 0.464 e. The van der Waals surface area contributed by atoms with Crippen LogP contribution in [-0.4, -0.2) is 32.3 Å². The summed E-state index contributed by atoms with van der Waals surface area (Å²) < 4.78 is 74.3. The molecular formula is C12H12F5NO3. The Morgan fingerprint density at radius 3 is 2.05 bits per heavy atom. The van der Waals surface area contributed by atoms with Gasteiger partial charge in [-0.1, -0.05) is 0 Å². The fraction of sp³-hybridized carbons (Fsp3) is 0.417. The standard InChI is InChI=1S/C12H12F5NO3/c1-2-21-6(19)5-20-4-3-18-12-10(16)8(14)7(13)9(15)11(12)17/h18H,2-5H2,1H3. The highest BCUT2D eigenvalue weighted by Crippen LogP contribution is 2.26. The third-order valence-electron chi connectivity index (χ3n) is 2.28. The van der Waals surface area contributed by atoms with Crippen LogP contribution in [0.3, 0.4) is 0 Å². The van der Waals surface area contributed by atoms with Crippen molar-refractivity contribution in [2.75, 3.05) is 31.7 Å². The number of anilines is 1. The van der Waals surface area contributed by atoms with Crippen LogP contribution >= 0.6 is 0 Å². The Balaban J connectivity index is 2.55. The molecule has 1 N–H and O–H groups in total. The summed E-state index contributed by atoms with van der Waals surface area (Å²) in [5.74, 6) is -10.9. The van der Waals surface area contributed by atoms with Crippen LogP contribution in [0.5, 0.6) is 0 Å². The smallest absolute Gasteiger partial charge is 0.332 e. The van der Waals surface area contributed by atoms with Gasteiger partial charge < -0.3 is 14.8 Å². The van der Waals surface area contributed by atoms with Crippen LogP contribution in [0.15, 0.2) is 0 Å². The monoisotopic (exact) mass is 313 g/mol. The number of hydrogen-bond acceptors (Lipinski definition) is 4. The second-order valence-electron chi connectivity index (χ2n) is 3.73. The van der Waals surface area contributed by atoms with Gasteiger partial charge in [-0.25, -0.2) is 26.7 Å². The fourth-order valence-electron chi connectivity index (χ4n) is 1.37. The van der Waals surface area contributed by atoms with Gasteiger partial charge in [-0.05, 0) is 6.92 Å². The van der Waals surface area contributed by atoms with Crippen molar-refractivity contribution in [1.29, 1.82) is 0 Å². The molecule has 0 aromatic heterocycles. The molecular weight excluding hydrogens is 301 g/mol. The Kier molecular flexibility index (Phi) is 6.35. The Morgan fingerprint density at radius 1 is 1.00 bits per heavy atom. The highest BCUT2D eigenvalue weighted by Gasteiger charge is 2.25. The third-order valence-corrected chi connectivity index (χ3v) is 2.28. The molecule has 21 heavy (non-hydrogen) atoms. The number of benzene rings is 1. The predicted octanol–water partition coefficient (Wildman–Crippen LogP) is 2.37. The lowest BCUT2D eigenvalue weighted by atomic mass is 10.2. The van der Waals surface area contributed by atoms with Crippen molar-refractivity contribution in [3.05, 3.63) is 29.1 Å². The predicted molar refractivity (Wildman–Crippen MR) is 62.2 cm³/mol. The van der Waals surface area contributed by atoms with Crippen molar-refractivity contribution >= 4 is 11.7 Å². The maximum absolute atomic E-state index is 13.2. The zero-order chi connectivity index (χ0) is 16.0. The van der Waals surface area contributed by atoms with E-state index in [2.05, 4.69) is 4.74 Å². The topological polar surface area (TPSA) is 47.6 Å². The normalized spacial score (nSPS) is 10.6. The van der Waals surface area contributed by atoms with Crippen molar-refractivity contribution in [3.63, 3.8) is 0 Å². The first-order valence-electron chi connectivity index (χ1n) is 5.88. The van der Waals surface area contributed by atoms with Gasteiger partial charge in [0.25, 0.3) is 0 Å². The average molecular weight is 313 g/mol. The minimum atomic E-state index is -2.23. The van der Waals surface area contributed by atoms with Gasteiger partial charge in [0.2, 0.25) is 5.82 Å². The first-order valence-corrected chi connectivity index (χ1v) is 5.88. The van der Waals surface area contributed by atoms with Crippen molar-refractivity contribution in [2.24, 2.45) is 0 Å². The van der Waals surface area contributed by atoms with Gasteiger partial charge >= 0.3 is 5.97 Å². The molecule has 0 unspecified atom stereocenters. The van der Waals surface area contributed by atoms with E-state index in [4.69, 9.17) is 4.74 Å². The number of halogens is 5. The number of carbonyl (C=O) groups is 1. The van der Waals surface area contributed by atoms with E-state index in [1.807, 2.05) is 5.32 Å². The maximum Gasteiger partial charge on any atom is 0.332 e. The van der Waals surface area contributed by atoms with Crippen LogP contribution < -0.4 is 5.32 Å². The molecule has 1 rings (SSSR count). The number of rotatable bonds is 7. The van der Waals surface area contributed by atoms with Gasteiger partial charge in [0.1, 0.15) is 12.3 Å². The molecule has 0 heterocycles. The molecule has 0 aliphatic carbocycles. The van der Waals surface area contributed by atoms with Gasteiger partial charge in [-0.3, -0.25) is 0 Å². The fourth-order valence-corrected chi connectivity index (χ4v) is 1.37. The molecule has 0 bridgehead atoms. The summed E-state index contributed by atoms with van der Waals surface area (Å²) >= 11 is 0. The van der Waals surface area contributed by atoms with Crippen LogP contribution in [0.2, 0.25) is 0 Å². The zero-order valence-electron chi connectivity index (χ0n) is 10.9. The summed E-state index contributed by atoms with van der Waals surface area (Å²) in [6.45, 7) is 0.927. The molecule has 0 saturated carbocycles. The number of nitrogens with one attached hydrogen (secondary N) is 1. The molecule has 1 aromatic rings. The Hall–Kier alpha value is -1.90. The quantitative estimate of drug-likeness (QED) is 0.276. The van der Waals surface area contributed by atoms with E-state index in [9.17, 15) is 26.7 Å². The van der Waals surface area contributed by atoms with Crippen LogP contribution in [0, 0.1) is 29.1 Å². The van der Waals surface area contributed by atoms with Gasteiger partial charge in [0.05, 0.1) is 13.2 Å². The van der Waals surface area contributed by atoms with E-state index in [0.717, 1.165) is 0 Å². The number of esters is 1. The van der Waals surface area contributed by atoms with Gasteiger partial charge in [0, 0.05) is 6.54 Å². The molecule has 118 valence electrons. The Morgan fingerprint density at radius 2 is 1.52 bits per heavy atom. The average Bonchev–Trinajstić information content (AvgIpc) is 2.46. The lowest BCUT2D eigenvalue weighted by Crippen LogP contribution is -2.18. The molecule has 0 atom stereocenters. The van der Waals surface area contributed by atoms with Crippen molar-refractivity contribution < 1.29 is 36.2 Å². The lowest BCUT2D eigenvalue weighted by Gasteiger charge is -2.10. The van der Waals surface area contributed by atoms with Crippen molar-refractivity contribution in [3.8, 4) is 0 Å². The molecule has 0 fully saturated rings. The lowest BCUT2D eigenvalue weighted by molar-refractivity contribution is -0.148. The van der Waals surface area contributed by atoms with E-state index in [-0.39, 0.29) is 26.4 Å². The molecule has 0 saturated heterocycles. The van der Waals surface area contributed by atoms with Crippen molar-refractivity contribution in [1.82, 2.24) is 0 Å². The van der Waals surface area contributed by atoms with E-state index >= 15 is 0 Å². The van der Waals surface area contributed by atoms with Gasteiger partial charge in [0.15, 0.2) is 23.3 Å². The highest BCUT2D eigenvalue weighted by atomic mass is 19.2. The van der Waals surface area contributed by atoms with E-state index in [1.165, 1.54) is 0 Å². The number of hydrogen-bond donors (Lipinski definition) is 1. The molecule has 0 aliphatic heterocycles. The SMILES string of the molecule is CCOC(=O)COCCNc1c(F)c(F)c(F)c(F)c1F. The van der Waals surface area contributed by atoms with Gasteiger partial charge in [-0.15, -0.1) is 0 Å². The van der Waals surface area contributed by atoms with Gasteiger partial charge in [-0.2, -0.15) is 0 Å². The Bertz CT molecular complexity index is 495. The molecule has 1 aromatic carbocycles. The molecule has 4 nitrogen and oxygen atoms in total. The number of carbonyl (C=O) groups excluding carboxylic acids is 1. The molecule has 0 aliphatic rings. The minimum absolute atomic E-state index is 0.172. The summed E-state index contributed by atoms with van der Waals surface area (Å²) in [5.41, 5.74) is -1.15. The first-order chi connectivity index (χ1) is 9.90. The second kappa shape index (κ2) is 7.77. The zero-order valence-corrected chi connectivity index (χ0v) is 10.9. The summed E-state index contributed by atoms with van der Waals surface area (Å²) in [6, 6.07) is 0. The molecule has 0 radical (unpaired) electrons. The van der Waals surface area contributed by atoms with Crippen LogP contribution in [0.1, 0.15) is 6.92 Å². The second-order valence-corrected chi connectivity index (χ2v) is 3.73. The van der Waals surface area contributed by atoms with Crippen molar-refractivity contribution in [2.45, 2.75) is 6.92 Å². The van der Waals surface area contributed by atoms with Crippen LogP contribution in [-0.2, 0) is 14.3 Å². The summed E-state index contributed by atoms with van der Waals surface area (Å²) in [6.07, 6.45) is 0. The minimum Gasteiger partial charge on any atom is -0.464 e. The van der Waals surface area contributed by atoms with Crippen LogP contribution in [0.25, 0.3) is 0 Å². The summed E-state index contributed by atoms with van der Waals surface area (Å²) in [5, 5.41) is 2.02. The van der Waals surface area contributed by atoms with E-state index in [1.54, 1.807) is 6.92 Å². The van der Waals surface area contributed by atoms with E-state index < -0.39 is 40.7 Å². The number of ether oxygens (including phenoxy) is 2. The van der Waals surface area contributed by atoms with Crippen LogP contribution in [0.4, 0.5) is 27.6 Å². The summed E-state index contributed by atoms with van der Waals surface area (Å²) in [4.78, 5) is 10.9. The third kappa shape index (κ3) is 4.28. The molecule has 0 spiro atoms. The highest BCUT2D eigenvalue weighted by molar-refractivity contribution is 5.70. The summed E-state index contributed by atoms with van der Waals surface area (Å²) in [7, 11) is 0. The molecule has 9 heteroatoms.